The van der Waals surface area contributed by atoms with Crippen molar-refractivity contribution in [1.82, 2.24) is 4.98 Å². The number of hydrogen-bond donors (Lipinski definition) is 2. The second kappa shape index (κ2) is 8.85. The summed E-state index contributed by atoms with van der Waals surface area (Å²) in [6.45, 7) is 1.44. The largest absolute Gasteiger partial charge is 0.436 e. The predicted octanol–water partition coefficient (Wildman–Crippen LogP) is 5.87. The van der Waals surface area contributed by atoms with Crippen LogP contribution < -0.4 is 10.6 Å². The Morgan fingerprint density at radius 3 is 2.19 bits per heavy atom. The summed E-state index contributed by atoms with van der Waals surface area (Å²) in [4.78, 5) is 28.4. The summed E-state index contributed by atoms with van der Waals surface area (Å²) in [7, 11) is 0. The van der Waals surface area contributed by atoms with Crippen molar-refractivity contribution in [2.75, 3.05) is 10.6 Å². The van der Waals surface area contributed by atoms with E-state index in [-0.39, 0.29) is 11.8 Å². The molecule has 0 radical (unpaired) electrons. The molecule has 1 heterocycles. The van der Waals surface area contributed by atoms with Crippen LogP contribution in [0.25, 0.3) is 22.8 Å². The van der Waals surface area contributed by atoms with Crippen LogP contribution in [0.15, 0.2) is 83.4 Å². The van der Waals surface area contributed by atoms with Crippen LogP contribution in [0.5, 0.6) is 0 Å². The van der Waals surface area contributed by atoms with Gasteiger partial charge >= 0.3 is 0 Å². The third kappa shape index (κ3) is 4.82. The van der Waals surface area contributed by atoms with Crippen LogP contribution in [-0.2, 0) is 4.79 Å². The number of anilines is 2. The molecule has 0 aliphatic heterocycles. The van der Waals surface area contributed by atoms with E-state index in [1.165, 1.54) is 6.92 Å². The van der Waals surface area contributed by atoms with Gasteiger partial charge < -0.3 is 15.1 Å². The zero-order chi connectivity index (χ0) is 21.8. The number of rotatable bonds is 5. The summed E-state index contributed by atoms with van der Waals surface area (Å²) in [6.07, 6.45) is 1.62. The molecule has 7 heteroatoms. The molecule has 0 saturated carbocycles. The van der Waals surface area contributed by atoms with E-state index in [4.69, 9.17) is 16.0 Å². The zero-order valence-corrected chi connectivity index (χ0v) is 17.3. The monoisotopic (exact) mass is 431 g/mol. The Bertz CT molecular complexity index is 1230. The number of carbonyl (C=O) groups excluding carboxylic acids is 2. The Morgan fingerprint density at radius 2 is 1.52 bits per heavy atom. The van der Waals surface area contributed by atoms with Gasteiger partial charge in [-0.05, 0) is 60.7 Å². The molecular formula is C24H18ClN3O3. The SMILES string of the molecule is CC(=O)Nc1ccc(NC(=O)c2ccccc2-c2ncc(-c3ccc(Cl)cc3)o2)cc1. The van der Waals surface area contributed by atoms with Crippen molar-refractivity contribution in [2.45, 2.75) is 6.92 Å². The minimum atomic E-state index is -0.297. The lowest BCUT2D eigenvalue weighted by molar-refractivity contribution is -0.114. The van der Waals surface area contributed by atoms with Gasteiger partial charge in [0.15, 0.2) is 5.76 Å². The molecule has 0 fully saturated rings. The summed E-state index contributed by atoms with van der Waals surface area (Å²) in [5.41, 5.74) is 3.10. The van der Waals surface area contributed by atoms with E-state index >= 15 is 0 Å². The van der Waals surface area contributed by atoms with Gasteiger partial charge in [-0.15, -0.1) is 0 Å². The fourth-order valence-corrected chi connectivity index (χ4v) is 3.18. The number of carbonyl (C=O) groups is 2. The first-order chi connectivity index (χ1) is 15.0. The van der Waals surface area contributed by atoms with Crippen LogP contribution in [0.3, 0.4) is 0 Å². The normalized spacial score (nSPS) is 10.5. The Kier molecular flexibility index (Phi) is 5.82. The molecule has 4 rings (SSSR count). The van der Waals surface area contributed by atoms with E-state index in [1.54, 1.807) is 60.8 Å². The highest BCUT2D eigenvalue weighted by atomic mass is 35.5. The van der Waals surface area contributed by atoms with Crippen molar-refractivity contribution >= 4 is 34.8 Å². The van der Waals surface area contributed by atoms with Crippen LogP contribution in [0.1, 0.15) is 17.3 Å². The van der Waals surface area contributed by atoms with Gasteiger partial charge in [-0.2, -0.15) is 0 Å². The molecule has 4 aromatic rings. The lowest BCUT2D eigenvalue weighted by Crippen LogP contribution is -2.13. The van der Waals surface area contributed by atoms with Crippen molar-refractivity contribution in [3.05, 3.63) is 89.6 Å². The van der Waals surface area contributed by atoms with Crippen molar-refractivity contribution in [3.8, 4) is 22.8 Å². The van der Waals surface area contributed by atoms with E-state index in [2.05, 4.69) is 15.6 Å². The molecule has 31 heavy (non-hydrogen) atoms. The Hall–Kier alpha value is -3.90. The summed E-state index contributed by atoms with van der Waals surface area (Å²) >= 11 is 5.94. The van der Waals surface area contributed by atoms with Gasteiger partial charge in [-0.25, -0.2) is 4.98 Å². The van der Waals surface area contributed by atoms with E-state index in [0.29, 0.717) is 39.2 Å². The topological polar surface area (TPSA) is 84.2 Å². The maximum absolute atomic E-state index is 12.9. The van der Waals surface area contributed by atoms with Crippen LogP contribution in [-0.4, -0.2) is 16.8 Å². The molecular weight excluding hydrogens is 414 g/mol. The number of hydrogen-bond acceptors (Lipinski definition) is 4. The summed E-state index contributed by atoms with van der Waals surface area (Å²) in [5, 5.41) is 6.18. The van der Waals surface area contributed by atoms with Gasteiger partial charge in [0.25, 0.3) is 5.91 Å². The molecule has 3 aromatic carbocycles. The second-order valence-electron chi connectivity index (χ2n) is 6.79. The number of halogens is 1. The van der Waals surface area contributed by atoms with Gasteiger partial charge in [0.2, 0.25) is 11.8 Å². The van der Waals surface area contributed by atoms with Crippen molar-refractivity contribution in [1.29, 1.82) is 0 Å². The van der Waals surface area contributed by atoms with Crippen molar-refractivity contribution in [2.24, 2.45) is 0 Å². The lowest BCUT2D eigenvalue weighted by atomic mass is 10.1. The third-order valence-electron chi connectivity index (χ3n) is 4.50. The van der Waals surface area contributed by atoms with E-state index in [9.17, 15) is 9.59 Å². The van der Waals surface area contributed by atoms with E-state index < -0.39 is 0 Å². The van der Waals surface area contributed by atoms with Crippen molar-refractivity contribution in [3.63, 3.8) is 0 Å². The Labute approximate surface area is 183 Å². The van der Waals surface area contributed by atoms with E-state index in [0.717, 1.165) is 5.56 Å². The fourth-order valence-electron chi connectivity index (χ4n) is 3.05. The maximum Gasteiger partial charge on any atom is 0.256 e. The molecule has 6 nitrogen and oxygen atoms in total. The number of nitrogens with zero attached hydrogens (tertiary/aromatic N) is 1. The van der Waals surface area contributed by atoms with Crippen LogP contribution in [0.2, 0.25) is 5.02 Å². The molecule has 2 amide bonds. The highest BCUT2D eigenvalue weighted by Gasteiger charge is 2.17. The van der Waals surface area contributed by atoms with Gasteiger partial charge in [-0.3, -0.25) is 9.59 Å². The molecule has 0 unspecified atom stereocenters. The highest BCUT2D eigenvalue weighted by Crippen LogP contribution is 2.29. The number of benzene rings is 3. The molecule has 2 N–H and O–H groups in total. The molecule has 0 atom stereocenters. The summed E-state index contributed by atoms with van der Waals surface area (Å²) < 4.78 is 5.91. The van der Waals surface area contributed by atoms with Crippen LogP contribution in [0, 0.1) is 0 Å². The van der Waals surface area contributed by atoms with Crippen LogP contribution >= 0.6 is 11.6 Å². The van der Waals surface area contributed by atoms with Gasteiger partial charge in [0.05, 0.1) is 11.8 Å². The van der Waals surface area contributed by atoms with Gasteiger partial charge in [0.1, 0.15) is 0 Å². The number of oxazole rings is 1. The van der Waals surface area contributed by atoms with Crippen molar-refractivity contribution < 1.29 is 14.0 Å². The maximum atomic E-state index is 12.9. The minimum Gasteiger partial charge on any atom is -0.436 e. The third-order valence-corrected chi connectivity index (χ3v) is 4.75. The van der Waals surface area contributed by atoms with Gasteiger partial charge in [-0.1, -0.05) is 23.7 Å². The van der Waals surface area contributed by atoms with E-state index in [1.807, 2.05) is 18.2 Å². The first-order valence-corrected chi connectivity index (χ1v) is 9.87. The first-order valence-electron chi connectivity index (χ1n) is 9.50. The fraction of sp³-hybridized carbons (Fsp3) is 0.0417. The molecule has 0 aliphatic rings. The average Bonchev–Trinajstić information content (AvgIpc) is 3.25. The first kappa shape index (κ1) is 20.4. The number of amides is 2. The molecule has 0 aliphatic carbocycles. The predicted molar refractivity (Wildman–Crippen MR) is 121 cm³/mol. The molecule has 154 valence electrons. The number of nitrogens with one attached hydrogen (secondary N) is 2. The zero-order valence-electron chi connectivity index (χ0n) is 16.6. The molecule has 0 saturated heterocycles. The van der Waals surface area contributed by atoms with Crippen LogP contribution in [0.4, 0.5) is 11.4 Å². The minimum absolute atomic E-state index is 0.158. The smallest absolute Gasteiger partial charge is 0.256 e. The molecule has 1 aromatic heterocycles. The quantitative estimate of drug-likeness (QED) is 0.413. The summed E-state index contributed by atoms with van der Waals surface area (Å²) in [5.74, 6) is 0.468. The Morgan fingerprint density at radius 1 is 0.871 bits per heavy atom. The summed E-state index contributed by atoms with van der Waals surface area (Å²) in [6, 6.07) is 21.2. The van der Waals surface area contributed by atoms with Gasteiger partial charge in [0, 0.05) is 34.4 Å². The molecule has 0 bridgehead atoms. The average molecular weight is 432 g/mol. The highest BCUT2D eigenvalue weighted by molar-refractivity contribution is 6.30. The standard InChI is InChI=1S/C24H18ClN3O3/c1-15(29)27-18-10-12-19(13-11-18)28-23(30)20-4-2-3-5-21(20)24-26-14-22(31-24)16-6-8-17(25)9-7-16/h2-14H,1H3,(H,27,29)(H,28,30). The number of aromatic nitrogens is 1. The lowest BCUT2D eigenvalue weighted by Gasteiger charge is -2.09. The second-order valence-corrected chi connectivity index (χ2v) is 7.23. The Balaban J connectivity index is 1.56. The molecule has 0 spiro atoms.